The molecule has 0 spiro atoms. The lowest BCUT2D eigenvalue weighted by molar-refractivity contribution is 0.480. The molecule has 0 aliphatic carbocycles. The summed E-state index contributed by atoms with van der Waals surface area (Å²) in [5.74, 6) is 0.382. The second-order valence-electron chi connectivity index (χ2n) is 5.38. The van der Waals surface area contributed by atoms with Gasteiger partial charge in [0.25, 0.3) is 15.2 Å². The Balaban J connectivity index is 1.56. The molecule has 5 nitrogen and oxygen atoms in total. The predicted molar refractivity (Wildman–Crippen MR) is 111 cm³/mol. The highest BCUT2D eigenvalue weighted by Crippen LogP contribution is 2.36. The normalized spacial score (nSPS) is 11.6. The number of para-hydroxylation sites is 1. The number of sulfonamides is 1. The van der Waals surface area contributed by atoms with E-state index in [0.29, 0.717) is 16.6 Å². The molecule has 0 saturated carbocycles. The van der Waals surface area contributed by atoms with Gasteiger partial charge in [0.15, 0.2) is 0 Å². The fourth-order valence-electron chi connectivity index (χ4n) is 2.31. The van der Waals surface area contributed by atoms with E-state index in [4.69, 9.17) is 27.9 Å². The highest BCUT2D eigenvalue weighted by molar-refractivity contribution is 7.93. The summed E-state index contributed by atoms with van der Waals surface area (Å²) in [6.07, 6.45) is 0. The van der Waals surface area contributed by atoms with Crippen LogP contribution in [0.4, 0.5) is 5.69 Å². The number of thiazole rings is 1. The quantitative estimate of drug-likeness (QED) is 0.384. The summed E-state index contributed by atoms with van der Waals surface area (Å²) in [6.45, 7) is 0. The Morgan fingerprint density at radius 2 is 1.85 bits per heavy atom. The average molecular weight is 457 g/mol. The number of thiophene rings is 1. The molecule has 0 aliphatic heterocycles. The molecule has 2 aromatic carbocycles. The SMILES string of the molecule is O=S(=O)(Nc1ccc(Oc2nc3ccccc3s2)c(Cl)c1)c1cscc1Cl. The Hall–Kier alpha value is -1.84. The van der Waals surface area contributed by atoms with Crippen molar-refractivity contribution in [3.63, 3.8) is 0 Å². The molecular weight excluding hydrogens is 447 g/mol. The van der Waals surface area contributed by atoms with Crippen LogP contribution in [0.15, 0.2) is 58.1 Å². The van der Waals surface area contributed by atoms with Crippen LogP contribution in [0.3, 0.4) is 0 Å². The minimum absolute atomic E-state index is 0.0279. The van der Waals surface area contributed by atoms with Crippen molar-refractivity contribution in [2.45, 2.75) is 4.90 Å². The maximum absolute atomic E-state index is 12.4. The standard InChI is InChI=1S/C17H10Cl2N2O3S3/c18-11-7-10(21-27(22,23)16-9-25-8-12(16)19)5-6-14(11)24-17-20-13-3-1-2-4-15(13)26-17/h1-9,21H. The number of hydrogen-bond acceptors (Lipinski definition) is 6. The maximum atomic E-state index is 12.4. The number of aromatic nitrogens is 1. The summed E-state index contributed by atoms with van der Waals surface area (Å²) in [5, 5.41) is 3.91. The first-order valence-corrected chi connectivity index (χ1v) is 11.5. The fourth-order valence-corrected chi connectivity index (χ4v) is 6.11. The molecule has 2 aromatic heterocycles. The monoisotopic (exact) mass is 456 g/mol. The van der Waals surface area contributed by atoms with Crippen LogP contribution in [-0.4, -0.2) is 13.4 Å². The van der Waals surface area contributed by atoms with Gasteiger partial charge in [-0.2, -0.15) is 0 Å². The minimum atomic E-state index is -3.79. The third-order valence-corrected chi connectivity index (χ3v) is 7.61. The first-order chi connectivity index (χ1) is 12.9. The van der Waals surface area contributed by atoms with Gasteiger partial charge >= 0.3 is 0 Å². The molecule has 0 radical (unpaired) electrons. The van der Waals surface area contributed by atoms with E-state index < -0.39 is 10.0 Å². The summed E-state index contributed by atoms with van der Waals surface area (Å²) in [7, 11) is -3.79. The van der Waals surface area contributed by atoms with Gasteiger partial charge in [-0.1, -0.05) is 46.7 Å². The zero-order chi connectivity index (χ0) is 19.0. The second kappa shape index (κ2) is 7.29. The van der Waals surface area contributed by atoms with Gasteiger partial charge < -0.3 is 4.74 Å². The summed E-state index contributed by atoms with van der Waals surface area (Å²) < 4.78 is 34.0. The first kappa shape index (κ1) is 18.5. The van der Waals surface area contributed by atoms with E-state index in [0.717, 1.165) is 10.2 Å². The summed E-state index contributed by atoms with van der Waals surface area (Å²) in [4.78, 5) is 4.41. The van der Waals surface area contributed by atoms with Crippen molar-refractivity contribution in [1.82, 2.24) is 4.98 Å². The van der Waals surface area contributed by atoms with Crippen molar-refractivity contribution >= 4 is 71.8 Å². The van der Waals surface area contributed by atoms with Crippen molar-refractivity contribution in [3.05, 3.63) is 63.3 Å². The Morgan fingerprint density at radius 1 is 1.04 bits per heavy atom. The van der Waals surface area contributed by atoms with Gasteiger partial charge in [-0.3, -0.25) is 4.72 Å². The molecule has 10 heteroatoms. The molecule has 138 valence electrons. The van der Waals surface area contributed by atoms with Crippen LogP contribution < -0.4 is 9.46 Å². The van der Waals surface area contributed by atoms with Gasteiger partial charge in [0.05, 0.1) is 25.9 Å². The molecule has 0 atom stereocenters. The first-order valence-electron chi connectivity index (χ1n) is 7.50. The fraction of sp³-hybridized carbons (Fsp3) is 0. The number of nitrogens with one attached hydrogen (secondary N) is 1. The van der Waals surface area contributed by atoms with E-state index in [-0.39, 0.29) is 14.9 Å². The molecule has 0 amide bonds. The number of ether oxygens (including phenoxy) is 1. The minimum Gasteiger partial charge on any atom is -0.429 e. The topological polar surface area (TPSA) is 68.3 Å². The van der Waals surface area contributed by atoms with Gasteiger partial charge in [-0.15, -0.1) is 11.3 Å². The Kier molecular flexibility index (Phi) is 5.00. The van der Waals surface area contributed by atoms with Crippen LogP contribution in [0.25, 0.3) is 10.2 Å². The van der Waals surface area contributed by atoms with Gasteiger partial charge in [-0.25, -0.2) is 13.4 Å². The number of halogens is 2. The van der Waals surface area contributed by atoms with E-state index in [2.05, 4.69) is 9.71 Å². The number of rotatable bonds is 5. The highest BCUT2D eigenvalue weighted by atomic mass is 35.5. The molecule has 2 heterocycles. The van der Waals surface area contributed by atoms with Gasteiger partial charge in [0, 0.05) is 10.8 Å². The summed E-state index contributed by atoms with van der Waals surface area (Å²) in [5.41, 5.74) is 1.14. The largest absolute Gasteiger partial charge is 0.429 e. The molecule has 27 heavy (non-hydrogen) atoms. The Labute approximate surface area is 173 Å². The number of benzene rings is 2. The lowest BCUT2D eigenvalue weighted by atomic mass is 10.3. The molecule has 1 N–H and O–H groups in total. The Bertz CT molecular complexity index is 1200. The van der Waals surface area contributed by atoms with Crippen molar-refractivity contribution in [2.75, 3.05) is 4.72 Å². The van der Waals surface area contributed by atoms with E-state index in [1.165, 1.54) is 34.1 Å². The highest BCUT2D eigenvalue weighted by Gasteiger charge is 2.19. The molecule has 4 aromatic rings. The van der Waals surface area contributed by atoms with E-state index >= 15 is 0 Å². The average Bonchev–Trinajstić information content (AvgIpc) is 3.22. The molecule has 4 rings (SSSR count). The van der Waals surface area contributed by atoms with Crippen LogP contribution in [-0.2, 0) is 10.0 Å². The molecule has 0 fully saturated rings. The third-order valence-electron chi connectivity index (χ3n) is 3.53. The number of anilines is 1. The molecule has 0 saturated heterocycles. The van der Waals surface area contributed by atoms with Gasteiger partial charge in [0.2, 0.25) is 0 Å². The molecule has 0 aliphatic rings. The van der Waals surface area contributed by atoms with Crippen molar-refractivity contribution in [3.8, 4) is 10.9 Å². The van der Waals surface area contributed by atoms with Crippen molar-refractivity contribution < 1.29 is 13.2 Å². The zero-order valence-electron chi connectivity index (χ0n) is 13.3. The smallest absolute Gasteiger partial charge is 0.279 e. The van der Waals surface area contributed by atoms with Crippen molar-refractivity contribution in [1.29, 1.82) is 0 Å². The molecule has 0 unspecified atom stereocenters. The van der Waals surface area contributed by atoms with Crippen LogP contribution in [0, 0.1) is 0 Å². The number of nitrogens with zero attached hydrogens (tertiary/aromatic N) is 1. The van der Waals surface area contributed by atoms with Gasteiger partial charge in [0.1, 0.15) is 10.6 Å². The lowest BCUT2D eigenvalue weighted by Gasteiger charge is -2.10. The van der Waals surface area contributed by atoms with Crippen LogP contribution in [0.2, 0.25) is 10.0 Å². The predicted octanol–water partition coefficient (Wildman–Crippen LogP) is 6.26. The summed E-state index contributed by atoms with van der Waals surface area (Å²) >= 11 is 14.8. The lowest BCUT2D eigenvalue weighted by Crippen LogP contribution is -2.12. The molecular formula is C17H10Cl2N2O3S3. The van der Waals surface area contributed by atoms with E-state index in [1.807, 2.05) is 24.3 Å². The molecule has 0 bridgehead atoms. The Morgan fingerprint density at radius 3 is 2.56 bits per heavy atom. The third kappa shape index (κ3) is 3.90. The van der Waals surface area contributed by atoms with E-state index in [9.17, 15) is 8.42 Å². The number of hydrogen-bond donors (Lipinski definition) is 1. The number of fused-ring (bicyclic) bond motifs is 1. The van der Waals surface area contributed by atoms with Crippen molar-refractivity contribution in [2.24, 2.45) is 0 Å². The second-order valence-corrected chi connectivity index (χ2v) is 9.59. The zero-order valence-corrected chi connectivity index (χ0v) is 17.3. The van der Waals surface area contributed by atoms with Crippen LogP contribution in [0.5, 0.6) is 10.9 Å². The van der Waals surface area contributed by atoms with E-state index in [1.54, 1.807) is 17.5 Å². The van der Waals surface area contributed by atoms with Crippen LogP contribution in [0.1, 0.15) is 0 Å². The van der Waals surface area contributed by atoms with Gasteiger partial charge in [-0.05, 0) is 30.3 Å². The summed E-state index contributed by atoms with van der Waals surface area (Å²) in [6, 6.07) is 12.3. The van der Waals surface area contributed by atoms with Crippen LogP contribution >= 0.6 is 45.9 Å². The maximum Gasteiger partial charge on any atom is 0.279 e.